The van der Waals surface area contributed by atoms with Crippen molar-refractivity contribution in [2.24, 2.45) is 0 Å². The second-order valence-electron chi connectivity index (χ2n) is 7.03. The number of hydrogen-bond acceptors (Lipinski definition) is 4. The number of nitrogens with one attached hydrogen (secondary N) is 3. The number of nitrogens with zero attached hydrogens (tertiary/aromatic N) is 1. The van der Waals surface area contributed by atoms with Crippen LogP contribution in [0.3, 0.4) is 0 Å². The highest BCUT2D eigenvalue weighted by molar-refractivity contribution is 6.30. The number of hydrogen-bond donors (Lipinski definition) is 3. The van der Waals surface area contributed by atoms with Crippen molar-refractivity contribution in [1.29, 1.82) is 0 Å². The molecule has 0 saturated carbocycles. The average molecular weight is 418 g/mol. The van der Waals surface area contributed by atoms with E-state index in [2.05, 4.69) is 15.5 Å². The normalized spacial score (nSPS) is 14.4. The molecule has 154 valence electrons. The SMILES string of the molecule is COc1ccc(NC(C)=O)cc1NC(=O)C[NH+]1CCN(c2ccc(Cl)cc2)CC1. The first-order valence-corrected chi connectivity index (χ1v) is 9.92. The maximum Gasteiger partial charge on any atom is 0.279 e. The summed E-state index contributed by atoms with van der Waals surface area (Å²) in [6.45, 7) is 5.33. The molecule has 1 saturated heterocycles. The molecule has 3 N–H and O–H groups in total. The Morgan fingerprint density at radius 3 is 2.41 bits per heavy atom. The van der Waals surface area contributed by atoms with Crippen LogP contribution in [0.4, 0.5) is 17.1 Å². The van der Waals surface area contributed by atoms with Crippen LogP contribution in [0.15, 0.2) is 42.5 Å². The molecule has 1 fully saturated rings. The van der Waals surface area contributed by atoms with Crippen molar-refractivity contribution in [3.8, 4) is 5.75 Å². The van der Waals surface area contributed by atoms with Crippen LogP contribution in [0.1, 0.15) is 6.92 Å². The van der Waals surface area contributed by atoms with Gasteiger partial charge in [-0.2, -0.15) is 0 Å². The fraction of sp³-hybridized carbons (Fsp3) is 0.333. The Labute approximate surface area is 175 Å². The third-order valence-electron chi connectivity index (χ3n) is 4.87. The summed E-state index contributed by atoms with van der Waals surface area (Å²) < 4.78 is 5.32. The zero-order valence-electron chi connectivity index (χ0n) is 16.6. The maximum absolute atomic E-state index is 12.6. The van der Waals surface area contributed by atoms with E-state index in [0.717, 1.165) is 36.9 Å². The van der Waals surface area contributed by atoms with Crippen LogP contribution in [0, 0.1) is 0 Å². The fourth-order valence-corrected chi connectivity index (χ4v) is 3.54. The quantitative estimate of drug-likeness (QED) is 0.668. The Hall–Kier alpha value is -2.77. The molecule has 7 nitrogen and oxygen atoms in total. The first kappa shape index (κ1) is 21.0. The van der Waals surface area contributed by atoms with Crippen molar-refractivity contribution < 1.29 is 19.2 Å². The van der Waals surface area contributed by atoms with Crippen LogP contribution in [0.25, 0.3) is 0 Å². The molecule has 29 heavy (non-hydrogen) atoms. The Balaban J connectivity index is 1.55. The van der Waals surface area contributed by atoms with Gasteiger partial charge in [-0.25, -0.2) is 0 Å². The monoisotopic (exact) mass is 417 g/mol. The summed E-state index contributed by atoms with van der Waals surface area (Å²) in [5.74, 6) is 0.295. The van der Waals surface area contributed by atoms with Gasteiger partial charge in [0.05, 0.1) is 39.0 Å². The minimum atomic E-state index is -0.171. The van der Waals surface area contributed by atoms with Crippen molar-refractivity contribution in [3.05, 3.63) is 47.5 Å². The van der Waals surface area contributed by atoms with Gasteiger partial charge < -0.3 is 25.2 Å². The van der Waals surface area contributed by atoms with Crippen molar-refractivity contribution >= 4 is 40.5 Å². The second kappa shape index (κ2) is 9.62. The van der Waals surface area contributed by atoms with E-state index < -0.39 is 0 Å². The highest BCUT2D eigenvalue weighted by atomic mass is 35.5. The summed E-state index contributed by atoms with van der Waals surface area (Å²) in [6.07, 6.45) is 0. The molecule has 0 spiro atoms. The number of anilines is 3. The minimum absolute atomic E-state index is 0.0850. The highest BCUT2D eigenvalue weighted by Gasteiger charge is 2.23. The van der Waals surface area contributed by atoms with E-state index in [0.29, 0.717) is 23.7 Å². The number of ether oxygens (including phenoxy) is 1. The largest absolute Gasteiger partial charge is 0.495 e. The molecule has 2 amide bonds. The summed E-state index contributed by atoms with van der Waals surface area (Å²) in [4.78, 5) is 27.4. The number of rotatable bonds is 6. The van der Waals surface area contributed by atoms with Crippen molar-refractivity contribution in [1.82, 2.24) is 0 Å². The molecule has 0 bridgehead atoms. The molecule has 1 heterocycles. The van der Waals surface area contributed by atoms with Crippen LogP contribution in [0.5, 0.6) is 5.75 Å². The molecule has 1 aliphatic rings. The van der Waals surface area contributed by atoms with Gasteiger partial charge in [0.2, 0.25) is 5.91 Å². The third kappa shape index (κ3) is 5.85. The fourth-order valence-electron chi connectivity index (χ4n) is 3.42. The van der Waals surface area contributed by atoms with E-state index in [9.17, 15) is 9.59 Å². The lowest BCUT2D eigenvalue weighted by Crippen LogP contribution is -3.15. The van der Waals surface area contributed by atoms with E-state index in [4.69, 9.17) is 16.3 Å². The molecule has 3 rings (SSSR count). The molecule has 1 aliphatic heterocycles. The van der Waals surface area contributed by atoms with Gasteiger partial charge >= 0.3 is 0 Å². The van der Waals surface area contributed by atoms with E-state index in [1.165, 1.54) is 11.8 Å². The Morgan fingerprint density at radius 2 is 1.79 bits per heavy atom. The van der Waals surface area contributed by atoms with Gasteiger partial charge in [-0.3, -0.25) is 9.59 Å². The van der Waals surface area contributed by atoms with Gasteiger partial charge in [-0.15, -0.1) is 0 Å². The zero-order valence-corrected chi connectivity index (χ0v) is 17.4. The van der Waals surface area contributed by atoms with Crippen LogP contribution in [-0.4, -0.2) is 51.6 Å². The number of carbonyl (C=O) groups excluding carboxylic acids is 2. The van der Waals surface area contributed by atoms with E-state index in [-0.39, 0.29) is 11.8 Å². The number of quaternary nitrogens is 1. The van der Waals surface area contributed by atoms with Gasteiger partial charge in [0, 0.05) is 23.3 Å². The number of methoxy groups -OCH3 is 1. The van der Waals surface area contributed by atoms with E-state index in [1.807, 2.05) is 24.3 Å². The van der Waals surface area contributed by atoms with Gasteiger partial charge in [-0.05, 0) is 42.5 Å². The molecule has 2 aromatic rings. The Bertz CT molecular complexity index is 865. The van der Waals surface area contributed by atoms with Crippen molar-refractivity contribution in [2.45, 2.75) is 6.92 Å². The molecular weight excluding hydrogens is 392 g/mol. The predicted molar refractivity (Wildman–Crippen MR) is 115 cm³/mol. The smallest absolute Gasteiger partial charge is 0.279 e. The Morgan fingerprint density at radius 1 is 1.10 bits per heavy atom. The minimum Gasteiger partial charge on any atom is -0.495 e. The van der Waals surface area contributed by atoms with Gasteiger partial charge in [0.1, 0.15) is 5.75 Å². The standard InChI is InChI=1S/C21H25ClN4O3/c1-15(27)23-17-5-8-20(29-2)19(13-17)24-21(28)14-25-9-11-26(12-10-25)18-6-3-16(22)4-7-18/h3-8,13H,9-12,14H2,1-2H3,(H,23,27)(H,24,28)/p+1. The van der Waals surface area contributed by atoms with Crippen LogP contribution < -0.4 is 25.2 Å². The topological polar surface area (TPSA) is 75.1 Å². The van der Waals surface area contributed by atoms with Crippen LogP contribution in [0.2, 0.25) is 5.02 Å². The maximum atomic E-state index is 12.6. The first-order chi connectivity index (χ1) is 13.9. The number of benzene rings is 2. The zero-order chi connectivity index (χ0) is 20.8. The first-order valence-electron chi connectivity index (χ1n) is 9.54. The molecule has 8 heteroatoms. The lowest BCUT2D eigenvalue weighted by Gasteiger charge is -2.33. The number of piperazine rings is 1. The summed E-state index contributed by atoms with van der Waals surface area (Å²) in [5, 5.41) is 6.35. The van der Waals surface area contributed by atoms with Crippen molar-refractivity contribution in [3.63, 3.8) is 0 Å². The lowest BCUT2D eigenvalue weighted by molar-refractivity contribution is -0.892. The molecular formula is C21H26ClN4O3+. The lowest BCUT2D eigenvalue weighted by atomic mass is 10.2. The van der Waals surface area contributed by atoms with Crippen LogP contribution >= 0.6 is 11.6 Å². The van der Waals surface area contributed by atoms with E-state index >= 15 is 0 Å². The summed E-state index contributed by atoms with van der Waals surface area (Å²) in [7, 11) is 1.55. The van der Waals surface area contributed by atoms with Crippen molar-refractivity contribution in [2.75, 3.05) is 55.4 Å². The molecule has 0 aliphatic carbocycles. The van der Waals surface area contributed by atoms with Crippen LogP contribution in [-0.2, 0) is 9.59 Å². The molecule has 2 aromatic carbocycles. The van der Waals surface area contributed by atoms with Gasteiger partial charge in [-0.1, -0.05) is 11.6 Å². The summed E-state index contributed by atoms with van der Waals surface area (Å²) in [6, 6.07) is 13.0. The highest BCUT2D eigenvalue weighted by Crippen LogP contribution is 2.27. The number of amides is 2. The second-order valence-corrected chi connectivity index (χ2v) is 7.47. The molecule has 0 unspecified atom stereocenters. The summed E-state index contributed by atoms with van der Waals surface area (Å²) in [5.41, 5.74) is 2.30. The van der Waals surface area contributed by atoms with E-state index in [1.54, 1.807) is 25.3 Å². The molecule has 0 atom stereocenters. The summed E-state index contributed by atoms with van der Waals surface area (Å²) >= 11 is 5.96. The molecule has 0 radical (unpaired) electrons. The average Bonchev–Trinajstić information content (AvgIpc) is 2.69. The predicted octanol–water partition coefficient (Wildman–Crippen LogP) is 1.65. The number of carbonyl (C=O) groups is 2. The van der Waals surface area contributed by atoms with Gasteiger partial charge in [0.15, 0.2) is 6.54 Å². The Kier molecular flexibility index (Phi) is 6.95. The van der Waals surface area contributed by atoms with Gasteiger partial charge in [0.25, 0.3) is 5.91 Å². The third-order valence-corrected chi connectivity index (χ3v) is 5.12. The number of halogens is 1. The molecule has 0 aromatic heterocycles.